The summed E-state index contributed by atoms with van der Waals surface area (Å²) >= 11 is 0. The summed E-state index contributed by atoms with van der Waals surface area (Å²) in [6.07, 6.45) is 4.55. The quantitative estimate of drug-likeness (QED) is 0.799. The van der Waals surface area contributed by atoms with Gasteiger partial charge in [-0.1, -0.05) is 18.9 Å². The van der Waals surface area contributed by atoms with E-state index in [1.165, 1.54) is 12.8 Å². The minimum atomic E-state index is -0.155. The fourth-order valence-corrected chi connectivity index (χ4v) is 3.28. The first-order valence-corrected chi connectivity index (χ1v) is 9.73. The number of nitrogens with one attached hydrogen (secondary N) is 2. The molecule has 0 atom stereocenters. The zero-order valence-electron chi connectivity index (χ0n) is 16.2. The first-order valence-electron chi connectivity index (χ1n) is 9.73. The van der Waals surface area contributed by atoms with Crippen LogP contribution in [0.4, 0.5) is 11.4 Å². The number of methoxy groups -OCH3 is 1. The molecule has 0 unspecified atom stereocenters. The average molecular weight is 381 g/mol. The van der Waals surface area contributed by atoms with Crippen LogP contribution in [0.5, 0.6) is 5.75 Å². The SMILES string of the molecule is COc1cccc(NC(=O)CNc2ccc(C(=O)N3CCCCCC3)cc2)c1. The van der Waals surface area contributed by atoms with Crippen molar-refractivity contribution < 1.29 is 14.3 Å². The maximum absolute atomic E-state index is 12.6. The molecule has 0 saturated carbocycles. The number of amides is 2. The molecular weight excluding hydrogens is 354 g/mol. The van der Waals surface area contributed by atoms with Gasteiger partial charge in [0.25, 0.3) is 5.91 Å². The van der Waals surface area contributed by atoms with Gasteiger partial charge in [-0.25, -0.2) is 0 Å². The third kappa shape index (κ3) is 5.49. The third-order valence-electron chi connectivity index (χ3n) is 4.83. The molecule has 2 N–H and O–H groups in total. The van der Waals surface area contributed by atoms with Gasteiger partial charge in [-0.3, -0.25) is 9.59 Å². The molecule has 0 aliphatic carbocycles. The highest BCUT2D eigenvalue weighted by Gasteiger charge is 2.17. The average Bonchev–Trinajstić information content (AvgIpc) is 3.02. The Kier molecular flexibility index (Phi) is 6.89. The Morgan fingerprint density at radius 2 is 1.68 bits per heavy atom. The van der Waals surface area contributed by atoms with Gasteiger partial charge in [0.05, 0.1) is 13.7 Å². The predicted octanol–water partition coefficient (Wildman–Crippen LogP) is 3.76. The zero-order valence-corrected chi connectivity index (χ0v) is 16.2. The maximum Gasteiger partial charge on any atom is 0.253 e. The molecular formula is C22H27N3O3. The fraction of sp³-hybridized carbons (Fsp3) is 0.364. The molecule has 1 saturated heterocycles. The van der Waals surface area contributed by atoms with Crippen molar-refractivity contribution in [3.63, 3.8) is 0 Å². The zero-order chi connectivity index (χ0) is 19.8. The van der Waals surface area contributed by atoms with Crippen LogP contribution in [-0.2, 0) is 4.79 Å². The topological polar surface area (TPSA) is 70.7 Å². The van der Waals surface area contributed by atoms with Gasteiger partial charge in [-0.05, 0) is 49.2 Å². The second-order valence-electron chi connectivity index (χ2n) is 6.92. The summed E-state index contributed by atoms with van der Waals surface area (Å²) in [6.45, 7) is 1.81. The molecule has 6 heteroatoms. The normalized spacial score (nSPS) is 14.1. The summed E-state index contributed by atoms with van der Waals surface area (Å²) in [5.41, 5.74) is 2.17. The monoisotopic (exact) mass is 381 g/mol. The smallest absolute Gasteiger partial charge is 0.253 e. The Hall–Kier alpha value is -3.02. The van der Waals surface area contributed by atoms with Crippen LogP contribution >= 0.6 is 0 Å². The summed E-state index contributed by atoms with van der Waals surface area (Å²) in [5, 5.41) is 5.90. The number of carbonyl (C=O) groups is 2. The van der Waals surface area contributed by atoms with Crippen molar-refractivity contribution in [2.45, 2.75) is 25.7 Å². The van der Waals surface area contributed by atoms with E-state index >= 15 is 0 Å². The first-order chi connectivity index (χ1) is 13.7. The Morgan fingerprint density at radius 3 is 2.36 bits per heavy atom. The van der Waals surface area contributed by atoms with E-state index in [2.05, 4.69) is 10.6 Å². The molecule has 2 amide bonds. The third-order valence-corrected chi connectivity index (χ3v) is 4.83. The molecule has 1 heterocycles. The van der Waals surface area contributed by atoms with Crippen LogP contribution in [0.3, 0.4) is 0 Å². The number of hydrogen-bond acceptors (Lipinski definition) is 4. The molecule has 3 rings (SSSR count). The Morgan fingerprint density at radius 1 is 0.964 bits per heavy atom. The Balaban J connectivity index is 1.51. The van der Waals surface area contributed by atoms with Crippen LogP contribution in [0.25, 0.3) is 0 Å². The highest BCUT2D eigenvalue weighted by molar-refractivity contribution is 5.95. The molecule has 1 aliphatic heterocycles. The highest BCUT2D eigenvalue weighted by atomic mass is 16.5. The number of nitrogens with zero attached hydrogens (tertiary/aromatic N) is 1. The van der Waals surface area contributed by atoms with Crippen molar-refractivity contribution >= 4 is 23.2 Å². The second kappa shape index (κ2) is 9.78. The predicted molar refractivity (Wildman–Crippen MR) is 111 cm³/mol. The summed E-state index contributed by atoms with van der Waals surface area (Å²) in [6, 6.07) is 14.5. The molecule has 6 nitrogen and oxygen atoms in total. The molecule has 0 bridgehead atoms. The molecule has 2 aromatic rings. The van der Waals surface area contributed by atoms with Crippen LogP contribution in [0.1, 0.15) is 36.0 Å². The van der Waals surface area contributed by atoms with E-state index in [-0.39, 0.29) is 18.4 Å². The van der Waals surface area contributed by atoms with Crippen molar-refractivity contribution in [2.75, 3.05) is 37.4 Å². The molecule has 2 aromatic carbocycles. The lowest BCUT2D eigenvalue weighted by atomic mass is 10.1. The minimum absolute atomic E-state index is 0.0872. The van der Waals surface area contributed by atoms with Gasteiger partial charge in [0.1, 0.15) is 5.75 Å². The van der Waals surface area contributed by atoms with Gasteiger partial charge in [0.15, 0.2) is 0 Å². The maximum atomic E-state index is 12.6. The van der Waals surface area contributed by atoms with Gasteiger partial charge >= 0.3 is 0 Å². The van der Waals surface area contributed by atoms with E-state index in [0.29, 0.717) is 17.0 Å². The van der Waals surface area contributed by atoms with E-state index in [4.69, 9.17) is 4.74 Å². The van der Waals surface area contributed by atoms with Crippen molar-refractivity contribution in [1.82, 2.24) is 4.90 Å². The number of likely N-dealkylation sites (tertiary alicyclic amines) is 1. The van der Waals surface area contributed by atoms with E-state index in [1.807, 2.05) is 47.4 Å². The molecule has 1 aliphatic rings. The summed E-state index contributed by atoms with van der Waals surface area (Å²) in [5.74, 6) is 0.623. The molecule has 1 fully saturated rings. The van der Waals surface area contributed by atoms with Crippen molar-refractivity contribution in [1.29, 1.82) is 0 Å². The largest absolute Gasteiger partial charge is 0.497 e. The molecule has 0 aromatic heterocycles. The number of benzene rings is 2. The van der Waals surface area contributed by atoms with Crippen LogP contribution in [0, 0.1) is 0 Å². The van der Waals surface area contributed by atoms with Gasteiger partial charge < -0.3 is 20.3 Å². The lowest BCUT2D eigenvalue weighted by Crippen LogP contribution is -2.31. The number of hydrogen-bond donors (Lipinski definition) is 2. The van der Waals surface area contributed by atoms with Gasteiger partial charge in [-0.15, -0.1) is 0 Å². The van der Waals surface area contributed by atoms with Gasteiger partial charge in [-0.2, -0.15) is 0 Å². The first kappa shape index (κ1) is 19.7. The van der Waals surface area contributed by atoms with Gasteiger partial charge in [0.2, 0.25) is 5.91 Å². The number of carbonyl (C=O) groups excluding carboxylic acids is 2. The minimum Gasteiger partial charge on any atom is -0.497 e. The standard InChI is InChI=1S/C22H27N3O3/c1-28-20-8-6-7-19(15-20)24-21(26)16-23-18-11-9-17(10-12-18)22(27)25-13-4-2-3-5-14-25/h6-12,15,23H,2-5,13-14,16H2,1H3,(H,24,26). The number of ether oxygens (including phenoxy) is 1. The van der Waals surface area contributed by atoms with E-state index in [9.17, 15) is 9.59 Å². The lowest BCUT2D eigenvalue weighted by molar-refractivity contribution is -0.114. The number of rotatable bonds is 6. The van der Waals surface area contributed by atoms with E-state index in [1.54, 1.807) is 13.2 Å². The molecule has 148 valence electrons. The van der Waals surface area contributed by atoms with Crippen molar-refractivity contribution in [3.8, 4) is 5.75 Å². The lowest BCUT2D eigenvalue weighted by Gasteiger charge is -2.20. The molecule has 28 heavy (non-hydrogen) atoms. The van der Waals surface area contributed by atoms with Crippen LogP contribution in [0.15, 0.2) is 48.5 Å². The number of anilines is 2. The summed E-state index contributed by atoms with van der Waals surface area (Å²) in [7, 11) is 1.59. The molecule has 0 radical (unpaired) electrons. The second-order valence-corrected chi connectivity index (χ2v) is 6.92. The Bertz CT molecular complexity index is 797. The summed E-state index contributed by atoms with van der Waals surface area (Å²) in [4.78, 5) is 26.7. The van der Waals surface area contributed by atoms with Crippen LogP contribution in [-0.4, -0.2) is 43.5 Å². The van der Waals surface area contributed by atoms with E-state index in [0.717, 1.165) is 31.6 Å². The Labute approximate surface area is 165 Å². The van der Waals surface area contributed by atoms with Crippen molar-refractivity contribution in [3.05, 3.63) is 54.1 Å². The van der Waals surface area contributed by atoms with Crippen LogP contribution < -0.4 is 15.4 Å². The van der Waals surface area contributed by atoms with Crippen molar-refractivity contribution in [2.24, 2.45) is 0 Å². The highest BCUT2D eigenvalue weighted by Crippen LogP contribution is 2.17. The van der Waals surface area contributed by atoms with E-state index < -0.39 is 0 Å². The van der Waals surface area contributed by atoms with Crippen LogP contribution in [0.2, 0.25) is 0 Å². The molecule has 0 spiro atoms. The van der Waals surface area contributed by atoms with Gasteiger partial charge in [0, 0.05) is 36.1 Å². The fourth-order valence-electron chi connectivity index (χ4n) is 3.28. The summed E-state index contributed by atoms with van der Waals surface area (Å²) < 4.78 is 5.15.